The van der Waals surface area contributed by atoms with Crippen LogP contribution in [0.5, 0.6) is 0 Å². The summed E-state index contributed by atoms with van der Waals surface area (Å²) in [6, 6.07) is 0. The van der Waals surface area contributed by atoms with Crippen molar-refractivity contribution < 1.29 is 4.74 Å². The van der Waals surface area contributed by atoms with Crippen LogP contribution in [0, 0.1) is 0 Å². The highest BCUT2D eigenvalue weighted by atomic mass is 32.1. The molecule has 11 heavy (non-hydrogen) atoms. The standard InChI is InChI=1S/C7H10N2OS/c1-3-10-4-2-9(1)7-5-11-6-8-7/h5-6H,1-4H2. The molecule has 2 heterocycles. The lowest BCUT2D eigenvalue weighted by atomic mass is 10.4. The van der Waals surface area contributed by atoms with E-state index in [4.69, 9.17) is 4.74 Å². The van der Waals surface area contributed by atoms with Gasteiger partial charge in [0.25, 0.3) is 0 Å². The van der Waals surface area contributed by atoms with Crippen molar-refractivity contribution in [1.29, 1.82) is 0 Å². The lowest BCUT2D eigenvalue weighted by Crippen LogP contribution is -2.36. The molecule has 0 spiro atoms. The van der Waals surface area contributed by atoms with Crippen LogP contribution in [-0.4, -0.2) is 31.3 Å². The van der Waals surface area contributed by atoms with Gasteiger partial charge >= 0.3 is 0 Å². The van der Waals surface area contributed by atoms with E-state index in [0.29, 0.717) is 0 Å². The highest BCUT2D eigenvalue weighted by Crippen LogP contribution is 2.14. The molecule has 1 fully saturated rings. The van der Waals surface area contributed by atoms with Crippen molar-refractivity contribution in [3.8, 4) is 0 Å². The molecule has 0 atom stereocenters. The van der Waals surface area contributed by atoms with Crippen LogP contribution in [0.1, 0.15) is 0 Å². The summed E-state index contributed by atoms with van der Waals surface area (Å²) in [4.78, 5) is 6.48. The number of nitrogens with zero attached hydrogens (tertiary/aromatic N) is 2. The zero-order valence-corrected chi connectivity index (χ0v) is 7.01. The monoisotopic (exact) mass is 170 g/mol. The quantitative estimate of drug-likeness (QED) is 0.628. The fraction of sp³-hybridized carbons (Fsp3) is 0.571. The second-order valence-corrected chi connectivity index (χ2v) is 3.16. The average molecular weight is 170 g/mol. The van der Waals surface area contributed by atoms with Crippen molar-refractivity contribution in [2.75, 3.05) is 31.2 Å². The molecule has 1 saturated heterocycles. The van der Waals surface area contributed by atoms with Crippen LogP contribution >= 0.6 is 11.3 Å². The van der Waals surface area contributed by atoms with E-state index >= 15 is 0 Å². The van der Waals surface area contributed by atoms with Crippen LogP contribution in [0.2, 0.25) is 0 Å². The molecular weight excluding hydrogens is 160 g/mol. The molecule has 0 aromatic carbocycles. The van der Waals surface area contributed by atoms with Gasteiger partial charge in [0.05, 0.1) is 18.7 Å². The van der Waals surface area contributed by atoms with E-state index in [9.17, 15) is 0 Å². The van der Waals surface area contributed by atoms with Crippen molar-refractivity contribution in [1.82, 2.24) is 4.98 Å². The predicted molar refractivity (Wildman–Crippen MR) is 45.1 cm³/mol. The van der Waals surface area contributed by atoms with Crippen molar-refractivity contribution in [2.45, 2.75) is 0 Å². The van der Waals surface area contributed by atoms with Crippen molar-refractivity contribution in [2.24, 2.45) is 0 Å². The van der Waals surface area contributed by atoms with Crippen LogP contribution in [0.4, 0.5) is 5.82 Å². The van der Waals surface area contributed by atoms with Crippen LogP contribution in [-0.2, 0) is 4.74 Å². The SMILES string of the molecule is c1nc(N2CCOCC2)cs1. The van der Waals surface area contributed by atoms with Gasteiger partial charge in [-0.05, 0) is 0 Å². The second kappa shape index (κ2) is 3.19. The maximum Gasteiger partial charge on any atom is 0.139 e. The Hall–Kier alpha value is -0.610. The van der Waals surface area contributed by atoms with Gasteiger partial charge < -0.3 is 9.64 Å². The summed E-state index contributed by atoms with van der Waals surface area (Å²) in [5.41, 5.74) is 1.87. The molecule has 0 bridgehead atoms. The smallest absolute Gasteiger partial charge is 0.139 e. The van der Waals surface area contributed by atoms with Gasteiger partial charge in [-0.25, -0.2) is 4.98 Å². The zero-order chi connectivity index (χ0) is 7.52. The first kappa shape index (κ1) is 7.06. The summed E-state index contributed by atoms with van der Waals surface area (Å²) in [5, 5.41) is 2.07. The number of anilines is 1. The fourth-order valence-electron chi connectivity index (χ4n) is 1.15. The number of ether oxygens (including phenoxy) is 1. The maximum atomic E-state index is 5.23. The summed E-state index contributed by atoms with van der Waals surface area (Å²) < 4.78 is 5.23. The maximum absolute atomic E-state index is 5.23. The number of hydrogen-bond donors (Lipinski definition) is 0. The predicted octanol–water partition coefficient (Wildman–Crippen LogP) is 0.980. The Kier molecular flexibility index (Phi) is 2.05. The minimum atomic E-state index is 0.831. The third-order valence-corrected chi connectivity index (χ3v) is 2.33. The molecule has 60 valence electrons. The molecule has 0 radical (unpaired) electrons. The molecule has 0 N–H and O–H groups in total. The highest BCUT2D eigenvalue weighted by Gasteiger charge is 2.11. The van der Waals surface area contributed by atoms with Crippen molar-refractivity contribution >= 4 is 17.2 Å². The first-order valence-corrected chi connectivity index (χ1v) is 4.62. The Morgan fingerprint density at radius 3 is 2.91 bits per heavy atom. The lowest BCUT2D eigenvalue weighted by Gasteiger charge is -2.26. The minimum absolute atomic E-state index is 0.831. The van der Waals surface area contributed by atoms with Crippen LogP contribution in [0.15, 0.2) is 10.9 Å². The summed E-state index contributed by atoms with van der Waals surface area (Å²) in [7, 11) is 0. The zero-order valence-electron chi connectivity index (χ0n) is 6.19. The van der Waals surface area contributed by atoms with Crippen LogP contribution in [0.25, 0.3) is 0 Å². The number of rotatable bonds is 1. The Balaban J connectivity index is 2.04. The van der Waals surface area contributed by atoms with Gasteiger partial charge in [0, 0.05) is 18.5 Å². The van der Waals surface area contributed by atoms with Crippen LogP contribution < -0.4 is 4.90 Å². The third kappa shape index (κ3) is 1.52. The molecule has 0 unspecified atom stereocenters. The molecule has 1 aromatic heterocycles. The molecule has 1 aliphatic heterocycles. The van der Waals surface area contributed by atoms with E-state index < -0.39 is 0 Å². The lowest BCUT2D eigenvalue weighted by molar-refractivity contribution is 0.122. The topological polar surface area (TPSA) is 25.4 Å². The first-order chi connectivity index (χ1) is 5.47. The van der Waals surface area contributed by atoms with Gasteiger partial charge in [-0.1, -0.05) is 0 Å². The summed E-state index contributed by atoms with van der Waals surface area (Å²) in [5.74, 6) is 1.10. The molecule has 0 aliphatic carbocycles. The number of aromatic nitrogens is 1. The van der Waals surface area contributed by atoms with E-state index in [-0.39, 0.29) is 0 Å². The molecule has 1 aromatic rings. The van der Waals surface area contributed by atoms with Gasteiger partial charge in [-0.3, -0.25) is 0 Å². The van der Waals surface area contributed by atoms with Gasteiger partial charge in [0.2, 0.25) is 0 Å². The summed E-state index contributed by atoms with van der Waals surface area (Å²) >= 11 is 1.64. The molecule has 2 rings (SSSR count). The Labute approximate surface area is 69.6 Å². The van der Waals surface area contributed by atoms with E-state index in [0.717, 1.165) is 32.1 Å². The Morgan fingerprint density at radius 1 is 1.45 bits per heavy atom. The van der Waals surface area contributed by atoms with E-state index in [1.165, 1.54) is 0 Å². The molecule has 4 heteroatoms. The van der Waals surface area contributed by atoms with Crippen LogP contribution in [0.3, 0.4) is 0 Å². The summed E-state index contributed by atoms with van der Waals surface area (Å²) in [6.07, 6.45) is 0. The Bertz CT molecular complexity index is 206. The number of thiazole rings is 1. The fourth-order valence-corrected chi connectivity index (χ4v) is 1.72. The Morgan fingerprint density at radius 2 is 2.27 bits per heavy atom. The van der Waals surface area contributed by atoms with Gasteiger partial charge in [-0.15, -0.1) is 11.3 Å². The van der Waals surface area contributed by atoms with E-state index in [1.807, 2.05) is 5.51 Å². The normalized spacial score (nSPS) is 18.7. The molecule has 0 saturated carbocycles. The van der Waals surface area contributed by atoms with E-state index in [1.54, 1.807) is 11.3 Å². The molecule has 1 aliphatic rings. The molecule has 0 amide bonds. The van der Waals surface area contributed by atoms with Gasteiger partial charge in [0.1, 0.15) is 5.82 Å². The summed E-state index contributed by atoms with van der Waals surface area (Å²) in [6.45, 7) is 3.61. The van der Waals surface area contributed by atoms with Crippen molar-refractivity contribution in [3.05, 3.63) is 10.9 Å². The highest BCUT2D eigenvalue weighted by molar-refractivity contribution is 7.07. The molecule has 3 nitrogen and oxygen atoms in total. The van der Waals surface area contributed by atoms with E-state index in [2.05, 4.69) is 15.3 Å². The first-order valence-electron chi connectivity index (χ1n) is 3.68. The average Bonchev–Trinajstić information content (AvgIpc) is 2.58. The molecular formula is C7H10N2OS. The van der Waals surface area contributed by atoms with Crippen molar-refractivity contribution in [3.63, 3.8) is 0 Å². The second-order valence-electron chi connectivity index (χ2n) is 2.45. The minimum Gasteiger partial charge on any atom is -0.378 e. The number of morpholine rings is 1. The van der Waals surface area contributed by atoms with Gasteiger partial charge in [0.15, 0.2) is 0 Å². The number of hydrogen-bond acceptors (Lipinski definition) is 4. The van der Waals surface area contributed by atoms with Gasteiger partial charge in [-0.2, -0.15) is 0 Å². The third-order valence-electron chi connectivity index (χ3n) is 1.75. The largest absolute Gasteiger partial charge is 0.378 e.